The van der Waals surface area contributed by atoms with Crippen molar-refractivity contribution in [3.05, 3.63) is 38.4 Å². The predicted octanol–water partition coefficient (Wildman–Crippen LogP) is 1.08. The van der Waals surface area contributed by atoms with Gasteiger partial charge in [-0.15, -0.1) is 11.3 Å². The van der Waals surface area contributed by atoms with Crippen molar-refractivity contribution in [2.24, 2.45) is 5.73 Å². The quantitative estimate of drug-likeness (QED) is 0.412. The van der Waals surface area contributed by atoms with Gasteiger partial charge in [-0.3, -0.25) is 9.59 Å². The fourth-order valence-electron chi connectivity index (χ4n) is 2.14. The van der Waals surface area contributed by atoms with Gasteiger partial charge >= 0.3 is 11.8 Å². The first-order valence-electron chi connectivity index (χ1n) is 7.32. The molecule has 0 aliphatic carbocycles. The largest absolute Gasteiger partial charge is 0.462 e. The Labute approximate surface area is 150 Å². The smallest absolute Gasteiger partial charge is 0.389 e. The number of hydrogen-bond acceptors (Lipinski definition) is 8. The minimum Gasteiger partial charge on any atom is -0.462 e. The lowest BCUT2D eigenvalue weighted by Gasteiger charge is -2.06. The highest BCUT2D eigenvalue weighted by molar-refractivity contribution is 7.18. The summed E-state index contributed by atoms with van der Waals surface area (Å²) in [4.78, 5) is 45.9. The maximum Gasteiger partial charge on any atom is 0.389 e. The number of aromatic nitrogens is 2. The zero-order chi connectivity index (χ0) is 19.4. The Morgan fingerprint density at radius 1 is 1.46 bits per heavy atom. The van der Waals surface area contributed by atoms with Gasteiger partial charge in [-0.05, 0) is 24.3 Å². The van der Waals surface area contributed by atoms with E-state index >= 15 is 0 Å². The van der Waals surface area contributed by atoms with Crippen LogP contribution < -0.4 is 11.1 Å². The molecule has 3 N–H and O–H groups in total. The van der Waals surface area contributed by atoms with Gasteiger partial charge in [0.05, 0.1) is 34.4 Å². The molecule has 0 spiro atoms. The van der Waals surface area contributed by atoms with Crippen LogP contribution in [0.15, 0.2) is 12.3 Å². The number of primary amides is 1. The Morgan fingerprint density at radius 2 is 2.15 bits per heavy atom. The van der Waals surface area contributed by atoms with Crippen molar-refractivity contribution in [1.29, 1.82) is 0 Å². The number of anilines is 1. The molecule has 0 saturated carbocycles. The number of esters is 1. The monoisotopic (exact) mass is 381 g/mol. The maximum absolute atomic E-state index is 12.2. The highest BCUT2D eigenvalue weighted by Crippen LogP contribution is 2.33. The molecule has 11 nitrogen and oxygen atoms in total. The number of nitrogens with one attached hydrogen (secondary N) is 1. The zero-order valence-electron chi connectivity index (χ0n) is 13.8. The molecule has 0 radical (unpaired) electrons. The van der Waals surface area contributed by atoms with E-state index in [0.29, 0.717) is 5.56 Å². The highest BCUT2D eigenvalue weighted by atomic mass is 32.1. The van der Waals surface area contributed by atoms with E-state index in [1.165, 1.54) is 13.1 Å². The summed E-state index contributed by atoms with van der Waals surface area (Å²) in [7, 11) is 0. The number of ether oxygens (including phenoxy) is 1. The Balaban J connectivity index is 2.24. The van der Waals surface area contributed by atoms with Crippen LogP contribution in [-0.4, -0.2) is 39.1 Å². The van der Waals surface area contributed by atoms with Crippen molar-refractivity contribution in [1.82, 2.24) is 9.78 Å². The van der Waals surface area contributed by atoms with E-state index < -0.39 is 28.5 Å². The third-order valence-corrected chi connectivity index (χ3v) is 4.44. The molecule has 2 heterocycles. The number of nitro groups is 1. The van der Waals surface area contributed by atoms with Gasteiger partial charge in [0.2, 0.25) is 5.91 Å². The normalized spacial score (nSPS) is 10.4. The van der Waals surface area contributed by atoms with E-state index in [2.05, 4.69) is 10.4 Å². The van der Waals surface area contributed by atoms with Crippen LogP contribution in [0.1, 0.15) is 32.5 Å². The van der Waals surface area contributed by atoms with Gasteiger partial charge in [-0.1, -0.05) is 0 Å². The van der Waals surface area contributed by atoms with Gasteiger partial charge < -0.3 is 25.9 Å². The van der Waals surface area contributed by atoms with Crippen molar-refractivity contribution < 1.29 is 24.0 Å². The second kappa shape index (κ2) is 7.74. The van der Waals surface area contributed by atoms with E-state index in [9.17, 15) is 24.5 Å². The molecule has 0 unspecified atom stereocenters. The van der Waals surface area contributed by atoms with Crippen LogP contribution in [0.4, 0.5) is 10.8 Å². The third-order valence-electron chi connectivity index (χ3n) is 3.22. The van der Waals surface area contributed by atoms with E-state index in [-0.39, 0.29) is 28.6 Å². The van der Waals surface area contributed by atoms with Gasteiger partial charge in [-0.2, -0.15) is 4.68 Å². The van der Waals surface area contributed by atoms with E-state index in [1.807, 2.05) is 0 Å². The molecule has 0 aromatic carbocycles. The first-order valence-corrected chi connectivity index (χ1v) is 8.14. The first-order chi connectivity index (χ1) is 12.2. The van der Waals surface area contributed by atoms with Gasteiger partial charge in [0.15, 0.2) is 0 Å². The topological polar surface area (TPSA) is 159 Å². The molecular formula is C14H15N5O6S. The number of carbonyl (C=O) groups is 3. The van der Waals surface area contributed by atoms with Gasteiger partial charge in [0.25, 0.3) is 5.91 Å². The molecule has 0 fully saturated rings. The third kappa shape index (κ3) is 4.03. The molecule has 0 bridgehead atoms. The number of hydrogen-bond donors (Lipinski definition) is 2. The van der Waals surface area contributed by atoms with E-state index in [0.717, 1.165) is 22.1 Å². The number of nitrogens with zero attached hydrogens (tertiary/aromatic N) is 3. The molecule has 2 aromatic rings. The van der Waals surface area contributed by atoms with Crippen LogP contribution in [0.3, 0.4) is 0 Å². The number of thiophene rings is 1. The van der Waals surface area contributed by atoms with Crippen molar-refractivity contribution in [2.45, 2.75) is 20.4 Å². The number of amides is 2. The van der Waals surface area contributed by atoms with E-state index in [4.69, 9.17) is 10.5 Å². The van der Waals surface area contributed by atoms with Crippen LogP contribution in [0.2, 0.25) is 0 Å². The minimum absolute atomic E-state index is 0.0467. The summed E-state index contributed by atoms with van der Waals surface area (Å²) in [5.74, 6) is -2.42. The van der Waals surface area contributed by atoms with Crippen molar-refractivity contribution in [3.63, 3.8) is 0 Å². The van der Waals surface area contributed by atoms with Crippen LogP contribution >= 0.6 is 11.3 Å². The summed E-state index contributed by atoms with van der Waals surface area (Å²) in [5.41, 5.74) is 5.64. The summed E-state index contributed by atoms with van der Waals surface area (Å²) >= 11 is 0.852. The molecule has 2 amide bonds. The molecule has 138 valence electrons. The lowest BCUT2D eigenvalue weighted by molar-refractivity contribution is -0.389. The molecule has 0 saturated heterocycles. The minimum atomic E-state index is -0.735. The lowest BCUT2D eigenvalue weighted by Crippen LogP contribution is -2.20. The average Bonchev–Trinajstić information content (AvgIpc) is 3.12. The summed E-state index contributed by atoms with van der Waals surface area (Å²) in [6, 6.07) is 1.15. The molecule has 12 heteroatoms. The summed E-state index contributed by atoms with van der Waals surface area (Å²) in [6.07, 6.45) is 1.28. The van der Waals surface area contributed by atoms with Crippen molar-refractivity contribution >= 4 is 39.9 Å². The summed E-state index contributed by atoms with van der Waals surface area (Å²) in [6.45, 7) is 2.94. The van der Waals surface area contributed by atoms with Crippen LogP contribution in [0.5, 0.6) is 0 Å². The van der Waals surface area contributed by atoms with Crippen molar-refractivity contribution in [3.8, 4) is 0 Å². The molecule has 0 aliphatic rings. The van der Waals surface area contributed by atoms with Crippen LogP contribution in [0.25, 0.3) is 0 Å². The summed E-state index contributed by atoms with van der Waals surface area (Å²) in [5, 5.41) is 16.8. The predicted molar refractivity (Wildman–Crippen MR) is 91.0 cm³/mol. The second-order valence-electron chi connectivity index (χ2n) is 5.02. The number of rotatable bonds is 7. The molecule has 0 aliphatic heterocycles. The Hall–Kier alpha value is -3.28. The van der Waals surface area contributed by atoms with Crippen LogP contribution in [0, 0.1) is 17.0 Å². The van der Waals surface area contributed by atoms with Gasteiger partial charge in [0.1, 0.15) is 11.5 Å². The standard InChI is InChI=1S/C14H15N5O6S/c1-3-25-14(22)10-7(2)11(12(15)21)26-13(10)16-9(20)6-18-5-4-8(17-18)19(23)24/h4-5H,3,6H2,1-2H3,(H2,15,21)(H,16,20). The molecule has 2 rings (SSSR count). The second-order valence-corrected chi connectivity index (χ2v) is 6.04. The van der Waals surface area contributed by atoms with Crippen LogP contribution in [-0.2, 0) is 16.1 Å². The lowest BCUT2D eigenvalue weighted by atomic mass is 10.1. The van der Waals surface area contributed by atoms with Gasteiger partial charge in [0, 0.05) is 0 Å². The van der Waals surface area contributed by atoms with Crippen molar-refractivity contribution in [2.75, 3.05) is 11.9 Å². The average molecular weight is 381 g/mol. The Kier molecular flexibility index (Phi) is 5.67. The molecular weight excluding hydrogens is 366 g/mol. The summed E-state index contributed by atoms with van der Waals surface area (Å²) < 4.78 is 6.02. The van der Waals surface area contributed by atoms with E-state index in [1.54, 1.807) is 6.92 Å². The fourth-order valence-corrected chi connectivity index (χ4v) is 3.20. The Bertz CT molecular complexity index is 887. The number of carbonyl (C=O) groups excluding carboxylic acids is 3. The SMILES string of the molecule is CCOC(=O)c1c(NC(=O)Cn2ccc([N+](=O)[O-])n2)sc(C(N)=O)c1C. The molecule has 26 heavy (non-hydrogen) atoms. The maximum atomic E-state index is 12.2. The fraction of sp³-hybridized carbons (Fsp3) is 0.286. The van der Waals surface area contributed by atoms with Gasteiger partial charge in [-0.25, -0.2) is 4.79 Å². The zero-order valence-corrected chi connectivity index (χ0v) is 14.7. The Morgan fingerprint density at radius 3 is 2.69 bits per heavy atom. The first kappa shape index (κ1) is 19.1. The molecule has 2 aromatic heterocycles. The molecule has 0 atom stereocenters. The number of nitrogens with two attached hydrogens (primary N) is 1. The highest BCUT2D eigenvalue weighted by Gasteiger charge is 2.26.